The lowest BCUT2D eigenvalue weighted by atomic mass is 9.98. The fraction of sp³-hybridized carbons (Fsp3) is 0.692. The van der Waals surface area contributed by atoms with Crippen LogP contribution >= 0.6 is 0 Å². The second kappa shape index (κ2) is 5.19. The highest BCUT2D eigenvalue weighted by molar-refractivity contribution is 7.91. The van der Waals surface area contributed by atoms with E-state index in [9.17, 15) is 8.42 Å². The molecule has 0 amide bonds. The fourth-order valence-corrected chi connectivity index (χ4v) is 5.02. The zero-order chi connectivity index (χ0) is 14.2. The third-order valence-corrected chi connectivity index (χ3v) is 5.96. The van der Waals surface area contributed by atoms with E-state index in [2.05, 4.69) is 16.5 Å². The van der Waals surface area contributed by atoms with Crippen molar-refractivity contribution in [2.45, 2.75) is 32.4 Å². The summed E-state index contributed by atoms with van der Waals surface area (Å²) >= 11 is 0. The quantitative estimate of drug-likeness (QED) is 0.849. The highest BCUT2D eigenvalue weighted by atomic mass is 32.2. The molecule has 7 heteroatoms. The molecule has 108 valence electrons. The van der Waals surface area contributed by atoms with Gasteiger partial charge in [-0.25, -0.2) is 8.42 Å². The molecule has 20 heavy (non-hydrogen) atoms. The second-order valence-electron chi connectivity index (χ2n) is 5.59. The Balaban J connectivity index is 1.85. The van der Waals surface area contributed by atoms with Crippen molar-refractivity contribution in [2.24, 2.45) is 5.92 Å². The number of fused-ring (bicyclic) bond motifs is 1. The van der Waals surface area contributed by atoms with Crippen LogP contribution in [-0.2, 0) is 35.8 Å². The maximum atomic E-state index is 11.5. The van der Waals surface area contributed by atoms with Crippen molar-refractivity contribution in [2.75, 3.05) is 18.1 Å². The first-order valence-corrected chi connectivity index (χ1v) is 8.77. The van der Waals surface area contributed by atoms with Gasteiger partial charge in [-0.2, -0.15) is 10.4 Å². The Bertz CT molecular complexity index is 657. The first kappa shape index (κ1) is 13.6. The van der Waals surface area contributed by atoms with E-state index in [1.165, 1.54) is 5.56 Å². The fourth-order valence-electron chi connectivity index (χ4n) is 3.16. The normalized spacial score (nSPS) is 24.2. The van der Waals surface area contributed by atoms with Gasteiger partial charge in [0.1, 0.15) is 6.54 Å². The number of hydrogen-bond donors (Lipinski definition) is 1. The maximum Gasteiger partial charge on any atom is 0.150 e. The average Bonchev–Trinajstić information content (AvgIpc) is 2.93. The van der Waals surface area contributed by atoms with Gasteiger partial charge >= 0.3 is 0 Å². The van der Waals surface area contributed by atoms with Gasteiger partial charge < -0.3 is 5.32 Å². The summed E-state index contributed by atoms with van der Waals surface area (Å²) in [6.45, 7) is 1.95. The van der Waals surface area contributed by atoms with Gasteiger partial charge in [-0.3, -0.25) is 4.68 Å². The summed E-state index contributed by atoms with van der Waals surface area (Å²) in [6, 6.07) is 2.14. The highest BCUT2D eigenvalue weighted by Crippen LogP contribution is 2.26. The Morgan fingerprint density at radius 3 is 3.05 bits per heavy atom. The summed E-state index contributed by atoms with van der Waals surface area (Å²) in [7, 11) is -2.84. The maximum absolute atomic E-state index is 11.5. The summed E-state index contributed by atoms with van der Waals surface area (Å²) in [4.78, 5) is 0. The van der Waals surface area contributed by atoms with Crippen LogP contribution in [0.2, 0.25) is 0 Å². The smallest absolute Gasteiger partial charge is 0.150 e. The van der Waals surface area contributed by atoms with E-state index in [-0.39, 0.29) is 18.2 Å². The Hall–Kier alpha value is -1.39. The average molecular weight is 294 g/mol. The van der Waals surface area contributed by atoms with E-state index in [0.29, 0.717) is 12.2 Å². The molecule has 1 N–H and O–H groups in total. The van der Waals surface area contributed by atoms with Crippen LogP contribution in [0.1, 0.15) is 23.4 Å². The first-order valence-electron chi connectivity index (χ1n) is 6.94. The number of nitriles is 1. The largest absolute Gasteiger partial charge is 0.312 e. The van der Waals surface area contributed by atoms with Crippen LogP contribution in [0.15, 0.2) is 0 Å². The lowest BCUT2D eigenvalue weighted by Gasteiger charge is -2.15. The van der Waals surface area contributed by atoms with E-state index < -0.39 is 9.84 Å². The molecule has 0 aliphatic carbocycles. The van der Waals surface area contributed by atoms with Crippen LogP contribution < -0.4 is 5.32 Å². The summed E-state index contributed by atoms with van der Waals surface area (Å²) in [6.07, 6.45) is 2.32. The molecule has 1 unspecified atom stereocenters. The predicted molar refractivity (Wildman–Crippen MR) is 73.7 cm³/mol. The van der Waals surface area contributed by atoms with E-state index in [4.69, 9.17) is 5.26 Å². The summed E-state index contributed by atoms with van der Waals surface area (Å²) in [5.74, 6) is 0.758. The van der Waals surface area contributed by atoms with Crippen LogP contribution in [0, 0.1) is 17.2 Å². The lowest BCUT2D eigenvalue weighted by Crippen LogP contribution is -2.25. The number of sulfone groups is 1. The zero-order valence-electron chi connectivity index (χ0n) is 11.3. The molecule has 1 aromatic heterocycles. The monoisotopic (exact) mass is 294 g/mol. The SMILES string of the molecule is N#CCn1nc(CC2CCS(=O)(=O)C2)c2c1CCNC2. The minimum Gasteiger partial charge on any atom is -0.312 e. The van der Waals surface area contributed by atoms with Crippen molar-refractivity contribution in [1.29, 1.82) is 5.26 Å². The number of aromatic nitrogens is 2. The van der Waals surface area contributed by atoms with E-state index in [1.807, 2.05) is 0 Å². The molecule has 1 atom stereocenters. The minimum atomic E-state index is -2.84. The molecule has 2 aliphatic heterocycles. The van der Waals surface area contributed by atoms with Gasteiger partial charge in [-0.05, 0) is 18.8 Å². The van der Waals surface area contributed by atoms with Gasteiger partial charge in [0.25, 0.3) is 0 Å². The molecule has 0 radical (unpaired) electrons. The lowest BCUT2D eigenvalue weighted by molar-refractivity contribution is 0.566. The third-order valence-electron chi connectivity index (χ3n) is 4.12. The molecule has 0 bridgehead atoms. The van der Waals surface area contributed by atoms with Crippen molar-refractivity contribution in [1.82, 2.24) is 15.1 Å². The van der Waals surface area contributed by atoms with Gasteiger partial charge in [0.05, 0.1) is 23.3 Å². The van der Waals surface area contributed by atoms with Crippen molar-refractivity contribution < 1.29 is 8.42 Å². The molecule has 1 saturated heterocycles. The van der Waals surface area contributed by atoms with Gasteiger partial charge in [0.15, 0.2) is 9.84 Å². The Morgan fingerprint density at radius 2 is 2.35 bits per heavy atom. The number of hydrogen-bond acceptors (Lipinski definition) is 5. The van der Waals surface area contributed by atoms with Crippen molar-refractivity contribution in [3.63, 3.8) is 0 Å². The molecule has 0 saturated carbocycles. The number of rotatable bonds is 3. The molecule has 1 aromatic rings. The van der Waals surface area contributed by atoms with Crippen LogP contribution in [-0.4, -0.2) is 36.2 Å². The molecule has 0 spiro atoms. The highest BCUT2D eigenvalue weighted by Gasteiger charge is 2.30. The van der Waals surface area contributed by atoms with Crippen LogP contribution in [0.4, 0.5) is 0 Å². The number of nitrogens with zero attached hydrogens (tertiary/aromatic N) is 3. The summed E-state index contributed by atoms with van der Waals surface area (Å²) < 4.78 is 24.9. The van der Waals surface area contributed by atoms with E-state index in [0.717, 1.165) is 37.3 Å². The van der Waals surface area contributed by atoms with Crippen molar-refractivity contribution in [3.05, 3.63) is 17.0 Å². The molecule has 0 aromatic carbocycles. The van der Waals surface area contributed by atoms with Crippen LogP contribution in [0.3, 0.4) is 0 Å². The van der Waals surface area contributed by atoms with Crippen LogP contribution in [0.5, 0.6) is 0 Å². The topological polar surface area (TPSA) is 87.8 Å². The Labute approximate surface area is 118 Å². The van der Waals surface area contributed by atoms with Crippen LogP contribution in [0.25, 0.3) is 0 Å². The standard InChI is InChI=1S/C13H18N4O2S/c14-3-5-17-13-1-4-15-8-11(13)12(16-17)7-10-2-6-20(18,19)9-10/h10,15H,1-2,4-9H2. The van der Waals surface area contributed by atoms with Gasteiger partial charge in [-0.15, -0.1) is 0 Å². The van der Waals surface area contributed by atoms with E-state index >= 15 is 0 Å². The predicted octanol–water partition coefficient (Wildman–Crippen LogP) is 0.0296. The molecule has 1 fully saturated rings. The first-order chi connectivity index (χ1) is 9.59. The van der Waals surface area contributed by atoms with Crippen molar-refractivity contribution in [3.8, 4) is 6.07 Å². The molecular weight excluding hydrogens is 276 g/mol. The van der Waals surface area contributed by atoms with Gasteiger partial charge in [0.2, 0.25) is 0 Å². The van der Waals surface area contributed by atoms with Crippen molar-refractivity contribution >= 4 is 9.84 Å². The minimum absolute atomic E-state index is 0.177. The third kappa shape index (κ3) is 2.58. The summed E-state index contributed by atoms with van der Waals surface area (Å²) in [5, 5.41) is 16.8. The molecule has 2 aliphatic rings. The Kier molecular flexibility index (Phi) is 3.52. The van der Waals surface area contributed by atoms with E-state index in [1.54, 1.807) is 4.68 Å². The molecule has 3 rings (SSSR count). The molecule has 3 heterocycles. The zero-order valence-corrected chi connectivity index (χ0v) is 12.1. The number of nitrogens with one attached hydrogen (secondary N) is 1. The second-order valence-corrected chi connectivity index (χ2v) is 7.82. The van der Waals surface area contributed by atoms with Gasteiger partial charge in [-0.1, -0.05) is 0 Å². The molecular formula is C13H18N4O2S. The molecule has 6 nitrogen and oxygen atoms in total. The summed E-state index contributed by atoms with van der Waals surface area (Å²) in [5.41, 5.74) is 3.29. The van der Waals surface area contributed by atoms with Gasteiger partial charge in [0, 0.05) is 30.8 Å². The Morgan fingerprint density at radius 1 is 1.50 bits per heavy atom.